The van der Waals surface area contributed by atoms with Crippen molar-refractivity contribution in [1.29, 1.82) is 0 Å². The van der Waals surface area contributed by atoms with E-state index >= 15 is 0 Å². The van der Waals surface area contributed by atoms with E-state index in [9.17, 15) is 9.18 Å². The minimum Gasteiger partial charge on any atom is -0.454 e. The minimum absolute atomic E-state index is 0.0129. The molecule has 1 aromatic heterocycles. The Morgan fingerprint density at radius 1 is 1.15 bits per heavy atom. The number of carbonyl (C=O) groups is 1. The number of hydrogen-bond acceptors (Lipinski definition) is 7. The summed E-state index contributed by atoms with van der Waals surface area (Å²) in [6.07, 6.45) is 0. The summed E-state index contributed by atoms with van der Waals surface area (Å²) in [7, 11) is 3.92. The molecule has 0 bridgehead atoms. The average molecular weight is 486 g/mol. The number of thioether (sulfide) groups is 1. The molecule has 0 unspecified atom stereocenters. The second-order valence-corrected chi connectivity index (χ2v) is 9.12. The maximum atomic E-state index is 13.5. The Hall–Kier alpha value is -3.11. The molecule has 2 aromatic carbocycles. The summed E-state index contributed by atoms with van der Waals surface area (Å²) in [5.74, 6) is 2.02. The average Bonchev–Trinajstić information content (AvgIpc) is 3.47. The van der Waals surface area contributed by atoms with Crippen LogP contribution in [0.3, 0.4) is 0 Å². The SMILES string of the molecule is CCN(Cc1ccc2c(c1)OCO2)C(=O)CSc1nnc([C@@H](C)N(C)C)n1-c1ccc(F)cc1. The van der Waals surface area contributed by atoms with E-state index in [1.807, 2.05) is 55.6 Å². The molecule has 0 radical (unpaired) electrons. The number of rotatable bonds is 9. The van der Waals surface area contributed by atoms with Crippen LogP contribution in [-0.4, -0.2) is 63.7 Å². The van der Waals surface area contributed by atoms with Crippen molar-refractivity contribution >= 4 is 17.7 Å². The highest BCUT2D eigenvalue weighted by Gasteiger charge is 2.23. The second kappa shape index (κ2) is 10.4. The lowest BCUT2D eigenvalue weighted by atomic mass is 10.2. The molecule has 0 aliphatic carbocycles. The third kappa shape index (κ3) is 5.18. The third-order valence-corrected chi connectivity index (χ3v) is 6.67. The van der Waals surface area contributed by atoms with Crippen LogP contribution in [0.1, 0.15) is 31.3 Å². The van der Waals surface area contributed by atoms with Gasteiger partial charge < -0.3 is 14.4 Å². The lowest BCUT2D eigenvalue weighted by Gasteiger charge is -2.22. The van der Waals surface area contributed by atoms with Gasteiger partial charge in [-0.1, -0.05) is 17.8 Å². The van der Waals surface area contributed by atoms with Crippen molar-refractivity contribution < 1.29 is 18.7 Å². The molecule has 0 saturated heterocycles. The van der Waals surface area contributed by atoms with Gasteiger partial charge in [0.1, 0.15) is 5.82 Å². The predicted octanol–water partition coefficient (Wildman–Crippen LogP) is 3.90. The van der Waals surface area contributed by atoms with E-state index in [-0.39, 0.29) is 30.3 Å². The van der Waals surface area contributed by atoms with Gasteiger partial charge in [0.15, 0.2) is 22.5 Å². The Bertz CT molecular complexity index is 1150. The van der Waals surface area contributed by atoms with E-state index in [1.165, 1.54) is 23.9 Å². The van der Waals surface area contributed by atoms with Gasteiger partial charge in [-0.15, -0.1) is 10.2 Å². The summed E-state index contributed by atoms with van der Waals surface area (Å²) in [6, 6.07) is 11.9. The molecule has 1 aliphatic rings. The van der Waals surface area contributed by atoms with Crippen molar-refractivity contribution in [2.45, 2.75) is 31.6 Å². The molecular weight excluding hydrogens is 457 g/mol. The molecule has 10 heteroatoms. The first kappa shape index (κ1) is 24.0. The summed E-state index contributed by atoms with van der Waals surface area (Å²) in [5.41, 5.74) is 1.72. The fourth-order valence-electron chi connectivity index (χ4n) is 3.56. The predicted molar refractivity (Wildman–Crippen MR) is 128 cm³/mol. The first-order valence-corrected chi connectivity index (χ1v) is 12.0. The Morgan fingerprint density at radius 2 is 1.88 bits per heavy atom. The zero-order valence-electron chi connectivity index (χ0n) is 19.7. The summed E-state index contributed by atoms with van der Waals surface area (Å²) in [4.78, 5) is 16.9. The summed E-state index contributed by atoms with van der Waals surface area (Å²) in [6.45, 7) is 5.23. The molecule has 1 aliphatic heterocycles. The highest BCUT2D eigenvalue weighted by molar-refractivity contribution is 7.99. The van der Waals surface area contributed by atoms with E-state index in [2.05, 4.69) is 10.2 Å². The Morgan fingerprint density at radius 3 is 2.59 bits per heavy atom. The molecule has 4 rings (SSSR count). The molecule has 8 nitrogen and oxygen atoms in total. The first-order valence-electron chi connectivity index (χ1n) is 11.0. The van der Waals surface area contributed by atoms with Gasteiger partial charge in [-0.25, -0.2) is 4.39 Å². The first-order chi connectivity index (χ1) is 16.4. The van der Waals surface area contributed by atoms with E-state index in [0.717, 1.165) is 22.8 Å². The van der Waals surface area contributed by atoms with E-state index in [0.29, 0.717) is 24.0 Å². The van der Waals surface area contributed by atoms with Gasteiger partial charge in [-0.05, 0) is 69.9 Å². The largest absolute Gasteiger partial charge is 0.454 e. The van der Waals surface area contributed by atoms with Gasteiger partial charge in [0, 0.05) is 18.8 Å². The standard InChI is InChI=1S/C24H28FN5O3S/c1-5-29(13-17-6-11-20-21(12-17)33-15-32-20)22(31)14-34-24-27-26-23(16(2)28(3)4)30(24)19-9-7-18(25)8-10-19/h6-12,16H,5,13-15H2,1-4H3/t16-/m1/s1. The van der Waals surface area contributed by atoms with Crippen molar-refractivity contribution in [2.75, 3.05) is 33.2 Å². The molecular formula is C24H28FN5O3S. The maximum Gasteiger partial charge on any atom is 0.233 e. The van der Waals surface area contributed by atoms with Crippen LogP contribution >= 0.6 is 11.8 Å². The summed E-state index contributed by atoms with van der Waals surface area (Å²) < 4.78 is 26.2. The Kier molecular flexibility index (Phi) is 7.38. The number of halogens is 1. The zero-order valence-corrected chi connectivity index (χ0v) is 20.5. The smallest absolute Gasteiger partial charge is 0.233 e. The van der Waals surface area contributed by atoms with Crippen molar-refractivity contribution in [3.8, 4) is 17.2 Å². The monoisotopic (exact) mass is 485 g/mol. The van der Waals surface area contributed by atoms with Gasteiger partial charge in [0.25, 0.3) is 0 Å². The number of fused-ring (bicyclic) bond motifs is 1. The molecule has 1 atom stereocenters. The number of hydrogen-bond donors (Lipinski definition) is 0. The number of nitrogens with zero attached hydrogens (tertiary/aromatic N) is 5. The van der Waals surface area contributed by atoms with Gasteiger partial charge in [0.05, 0.1) is 11.8 Å². The molecule has 3 aromatic rings. The molecule has 1 amide bonds. The topological polar surface area (TPSA) is 72.7 Å². The maximum absolute atomic E-state index is 13.5. The zero-order chi connectivity index (χ0) is 24.2. The van der Waals surface area contributed by atoms with E-state index in [1.54, 1.807) is 17.0 Å². The van der Waals surface area contributed by atoms with Crippen molar-refractivity contribution in [2.24, 2.45) is 0 Å². The molecule has 34 heavy (non-hydrogen) atoms. The van der Waals surface area contributed by atoms with Crippen LogP contribution in [0.5, 0.6) is 11.5 Å². The number of ether oxygens (including phenoxy) is 2. The quantitative estimate of drug-likeness (QED) is 0.426. The lowest BCUT2D eigenvalue weighted by molar-refractivity contribution is -0.128. The van der Waals surface area contributed by atoms with Crippen molar-refractivity contribution in [3.05, 3.63) is 59.7 Å². The summed E-state index contributed by atoms with van der Waals surface area (Å²) >= 11 is 1.32. The molecule has 180 valence electrons. The van der Waals surface area contributed by atoms with E-state index < -0.39 is 0 Å². The van der Waals surface area contributed by atoms with Gasteiger partial charge in [-0.2, -0.15) is 0 Å². The van der Waals surface area contributed by atoms with Crippen LogP contribution in [-0.2, 0) is 11.3 Å². The van der Waals surface area contributed by atoms with Gasteiger partial charge in [-0.3, -0.25) is 14.3 Å². The second-order valence-electron chi connectivity index (χ2n) is 8.18. The fraction of sp³-hybridized carbons (Fsp3) is 0.375. The van der Waals surface area contributed by atoms with Crippen LogP contribution in [0.2, 0.25) is 0 Å². The summed E-state index contributed by atoms with van der Waals surface area (Å²) in [5, 5.41) is 9.33. The highest BCUT2D eigenvalue weighted by atomic mass is 32.2. The van der Waals surface area contributed by atoms with Crippen LogP contribution in [0, 0.1) is 5.82 Å². The van der Waals surface area contributed by atoms with Gasteiger partial charge >= 0.3 is 0 Å². The fourth-order valence-corrected chi connectivity index (χ4v) is 4.42. The van der Waals surface area contributed by atoms with Crippen LogP contribution in [0.4, 0.5) is 4.39 Å². The molecule has 0 saturated carbocycles. The number of benzene rings is 2. The minimum atomic E-state index is -0.314. The Balaban J connectivity index is 1.50. The Labute approximate surface area is 202 Å². The molecule has 0 spiro atoms. The number of amides is 1. The molecule has 0 fully saturated rings. The molecule has 2 heterocycles. The molecule has 0 N–H and O–H groups in total. The third-order valence-electron chi connectivity index (χ3n) is 5.76. The van der Waals surface area contributed by atoms with E-state index in [4.69, 9.17) is 9.47 Å². The van der Waals surface area contributed by atoms with Crippen LogP contribution in [0.25, 0.3) is 5.69 Å². The van der Waals surface area contributed by atoms with Gasteiger partial charge in [0.2, 0.25) is 12.7 Å². The van der Waals surface area contributed by atoms with Crippen LogP contribution in [0.15, 0.2) is 47.6 Å². The lowest BCUT2D eigenvalue weighted by Crippen LogP contribution is -2.31. The number of aromatic nitrogens is 3. The van der Waals surface area contributed by atoms with Crippen molar-refractivity contribution in [1.82, 2.24) is 24.6 Å². The number of carbonyl (C=O) groups excluding carboxylic acids is 1. The van der Waals surface area contributed by atoms with Crippen LogP contribution < -0.4 is 9.47 Å². The normalized spacial score (nSPS) is 13.4. The highest BCUT2D eigenvalue weighted by Crippen LogP contribution is 2.33. The van der Waals surface area contributed by atoms with Crippen molar-refractivity contribution in [3.63, 3.8) is 0 Å².